The maximum absolute atomic E-state index is 10.6. The lowest BCUT2D eigenvalue weighted by atomic mass is 10.1. The molecule has 1 aliphatic carbocycles. The van der Waals surface area contributed by atoms with E-state index in [9.17, 15) is 4.79 Å². The van der Waals surface area contributed by atoms with Crippen molar-refractivity contribution in [3.8, 4) is 0 Å². The second-order valence-electron chi connectivity index (χ2n) is 3.71. The topological polar surface area (TPSA) is 40.5 Å². The largest absolute Gasteiger partial charge is 0.481 e. The quantitative estimate of drug-likeness (QED) is 0.632. The summed E-state index contributed by atoms with van der Waals surface area (Å²) < 4.78 is 0. The summed E-state index contributed by atoms with van der Waals surface area (Å²) in [4.78, 5) is 12.8. The highest BCUT2D eigenvalue weighted by atomic mass is 16.4. The fraction of sp³-hybridized carbons (Fsp3) is 0.700. The normalized spacial score (nSPS) is 18.6. The average Bonchev–Trinajstić information content (AvgIpc) is 2.85. The summed E-state index contributed by atoms with van der Waals surface area (Å²) >= 11 is 0. The van der Waals surface area contributed by atoms with E-state index in [4.69, 9.17) is 5.11 Å². The minimum Gasteiger partial charge on any atom is -0.481 e. The molecule has 0 heterocycles. The summed E-state index contributed by atoms with van der Waals surface area (Å²) in [6.07, 6.45) is 4.26. The van der Waals surface area contributed by atoms with Crippen LogP contribution >= 0.6 is 0 Å². The van der Waals surface area contributed by atoms with Gasteiger partial charge in [0.25, 0.3) is 0 Å². The van der Waals surface area contributed by atoms with Crippen LogP contribution in [0.3, 0.4) is 0 Å². The van der Waals surface area contributed by atoms with Crippen LogP contribution in [0.1, 0.15) is 19.8 Å². The first-order valence-electron chi connectivity index (χ1n) is 4.73. The van der Waals surface area contributed by atoms with E-state index in [-0.39, 0.29) is 5.92 Å². The van der Waals surface area contributed by atoms with Gasteiger partial charge in [0, 0.05) is 19.1 Å². The van der Waals surface area contributed by atoms with Crippen LogP contribution in [0.4, 0.5) is 0 Å². The zero-order valence-corrected chi connectivity index (χ0v) is 8.07. The molecule has 0 aromatic rings. The second-order valence-corrected chi connectivity index (χ2v) is 3.71. The molecule has 1 rings (SSSR count). The van der Waals surface area contributed by atoms with Crippen LogP contribution in [-0.4, -0.2) is 35.1 Å². The van der Waals surface area contributed by atoms with E-state index in [1.54, 1.807) is 6.92 Å². The summed E-state index contributed by atoms with van der Waals surface area (Å²) in [7, 11) is 0. The standard InChI is InChI=1S/C10H17NO2/c1-3-6-11(9-4-5-9)7-8(2)10(12)13/h3,8-9H,1,4-7H2,2H3,(H,12,13). The molecule has 0 saturated heterocycles. The molecule has 3 heteroatoms. The van der Waals surface area contributed by atoms with E-state index in [0.29, 0.717) is 12.6 Å². The third kappa shape index (κ3) is 3.19. The molecule has 1 atom stereocenters. The highest BCUT2D eigenvalue weighted by Gasteiger charge is 2.30. The molecule has 13 heavy (non-hydrogen) atoms. The van der Waals surface area contributed by atoms with Gasteiger partial charge < -0.3 is 5.11 Å². The Kier molecular flexibility index (Phi) is 3.48. The molecule has 74 valence electrons. The summed E-state index contributed by atoms with van der Waals surface area (Å²) in [5.74, 6) is -0.990. The molecule has 0 radical (unpaired) electrons. The lowest BCUT2D eigenvalue weighted by Gasteiger charge is -2.21. The van der Waals surface area contributed by atoms with Crippen LogP contribution in [0, 0.1) is 5.92 Å². The van der Waals surface area contributed by atoms with Crippen LogP contribution in [0.15, 0.2) is 12.7 Å². The Morgan fingerprint density at radius 1 is 1.77 bits per heavy atom. The summed E-state index contributed by atoms with van der Waals surface area (Å²) in [5, 5.41) is 8.75. The molecular weight excluding hydrogens is 166 g/mol. The Balaban J connectivity index is 2.36. The van der Waals surface area contributed by atoms with E-state index < -0.39 is 5.97 Å². The van der Waals surface area contributed by atoms with Crippen molar-refractivity contribution in [3.05, 3.63) is 12.7 Å². The summed E-state index contributed by atoms with van der Waals surface area (Å²) in [6.45, 7) is 6.88. The Labute approximate surface area is 79.0 Å². The van der Waals surface area contributed by atoms with Crippen molar-refractivity contribution in [3.63, 3.8) is 0 Å². The molecule has 1 N–H and O–H groups in total. The minimum absolute atomic E-state index is 0.277. The van der Waals surface area contributed by atoms with Gasteiger partial charge >= 0.3 is 5.97 Å². The molecule has 0 bridgehead atoms. The fourth-order valence-corrected chi connectivity index (χ4v) is 1.41. The number of hydrogen-bond donors (Lipinski definition) is 1. The van der Waals surface area contributed by atoms with Crippen molar-refractivity contribution in [2.75, 3.05) is 13.1 Å². The van der Waals surface area contributed by atoms with Gasteiger partial charge in [-0.2, -0.15) is 0 Å². The first kappa shape index (κ1) is 10.3. The number of carbonyl (C=O) groups is 1. The Hall–Kier alpha value is -0.830. The maximum Gasteiger partial charge on any atom is 0.307 e. The molecule has 1 unspecified atom stereocenters. The molecule has 3 nitrogen and oxygen atoms in total. The molecule has 1 saturated carbocycles. The van der Waals surface area contributed by atoms with Gasteiger partial charge in [-0.1, -0.05) is 13.0 Å². The van der Waals surface area contributed by atoms with Crippen molar-refractivity contribution in [1.82, 2.24) is 4.90 Å². The highest BCUT2D eigenvalue weighted by Crippen LogP contribution is 2.27. The van der Waals surface area contributed by atoms with Gasteiger partial charge in [0.05, 0.1) is 5.92 Å². The third-order valence-corrected chi connectivity index (χ3v) is 2.36. The molecule has 0 aliphatic heterocycles. The molecule has 0 spiro atoms. The Morgan fingerprint density at radius 3 is 2.77 bits per heavy atom. The van der Waals surface area contributed by atoms with E-state index >= 15 is 0 Å². The zero-order chi connectivity index (χ0) is 9.84. The van der Waals surface area contributed by atoms with Crippen molar-refractivity contribution < 1.29 is 9.90 Å². The fourth-order valence-electron chi connectivity index (χ4n) is 1.41. The SMILES string of the molecule is C=CCN(CC(C)C(=O)O)C1CC1. The minimum atomic E-state index is -0.713. The zero-order valence-electron chi connectivity index (χ0n) is 8.07. The predicted octanol–water partition coefficient (Wildman–Crippen LogP) is 1.36. The van der Waals surface area contributed by atoms with Crippen molar-refractivity contribution in [2.45, 2.75) is 25.8 Å². The number of carboxylic acids is 1. The van der Waals surface area contributed by atoms with Gasteiger partial charge in [-0.25, -0.2) is 0 Å². The number of aliphatic carboxylic acids is 1. The van der Waals surface area contributed by atoms with Crippen LogP contribution in [-0.2, 0) is 4.79 Å². The van der Waals surface area contributed by atoms with Gasteiger partial charge in [-0.05, 0) is 12.8 Å². The van der Waals surface area contributed by atoms with Crippen LogP contribution in [0.5, 0.6) is 0 Å². The molecule has 0 aromatic carbocycles. The molecular formula is C10H17NO2. The van der Waals surface area contributed by atoms with Crippen molar-refractivity contribution >= 4 is 5.97 Å². The molecule has 0 amide bonds. The third-order valence-electron chi connectivity index (χ3n) is 2.36. The Bertz CT molecular complexity index is 199. The second kappa shape index (κ2) is 4.42. The lowest BCUT2D eigenvalue weighted by molar-refractivity contribution is -0.141. The van der Waals surface area contributed by atoms with E-state index in [1.807, 2.05) is 6.08 Å². The van der Waals surface area contributed by atoms with Gasteiger partial charge in [0.15, 0.2) is 0 Å². The van der Waals surface area contributed by atoms with Gasteiger partial charge in [0.1, 0.15) is 0 Å². The molecule has 1 fully saturated rings. The number of hydrogen-bond acceptors (Lipinski definition) is 2. The van der Waals surface area contributed by atoms with Crippen LogP contribution in [0.2, 0.25) is 0 Å². The summed E-state index contributed by atoms with van der Waals surface area (Å²) in [5.41, 5.74) is 0. The lowest BCUT2D eigenvalue weighted by Crippen LogP contribution is -2.33. The molecule has 1 aliphatic rings. The number of rotatable bonds is 6. The van der Waals surface area contributed by atoms with Crippen molar-refractivity contribution in [2.24, 2.45) is 5.92 Å². The van der Waals surface area contributed by atoms with Crippen LogP contribution < -0.4 is 0 Å². The average molecular weight is 183 g/mol. The van der Waals surface area contributed by atoms with E-state index in [0.717, 1.165) is 6.54 Å². The first-order chi connectivity index (χ1) is 6.15. The van der Waals surface area contributed by atoms with Crippen molar-refractivity contribution in [1.29, 1.82) is 0 Å². The number of carboxylic acid groups (broad SMARTS) is 1. The van der Waals surface area contributed by atoms with E-state index in [2.05, 4.69) is 11.5 Å². The van der Waals surface area contributed by atoms with E-state index in [1.165, 1.54) is 12.8 Å². The predicted molar refractivity (Wildman–Crippen MR) is 51.6 cm³/mol. The smallest absolute Gasteiger partial charge is 0.307 e. The van der Waals surface area contributed by atoms with Gasteiger partial charge in [-0.15, -0.1) is 6.58 Å². The summed E-state index contributed by atoms with van der Waals surface area (Å²) in [6, 6.07) is 0.611. The Morgan fingerprint density at radius 2 is 2.38 bits per heavy atom. The monoisotopic (exact) mass is 183 g/mol. The molecule has 0 aromatic heterocycles. The maximum atomic E-state index is 10.6. The number of nitrogens with zero attached hydrogens (tertiary/aromatic N) is 1. The highest BCUT2D eigenvalue weighted by molar-refractivity contribution is 5.69. The first-order valence-corrected chi connectivity index (χ1v) is 4.73. The van der Waals surface area contributed by atoms with Gasteiger partial charge in [0.2, 0.25) is 0 Å². The van der Waals surface area contributed by atoms with Crippen LogP contribution in [0.25, 0.3) is 0 Å². The van der Waals surface area contributed by atoms with Gasteiger partial charge in [-0.3, -0.25) is 9.69 Å².